The van der Waals surface area contributed by atoms with Crippen LogP contribution in [0, 0.1) is 5.92 Å². The van der Waals surface area contributed by atoms with Crippen molar-refractivity contribution in [3.05, 3.63) is 30.2 Å². The molecule has 0 amide bonds. The molecule has 11 heteroatoms. The van der Waals surface area contributed by atoms with Crippen LogP contribution in [-0.2, 0) is 23.1 Å². The maximum atomic E-state index is 13.0. The molecule has 7 nitrogen and oxygen atoms in total. The minimum absolute atomic E-state index is 0.0479. The highest BCUT2D eigenvalue weighted by Gasteiger charge is 2.33. The highest BCUT2D eigenvalue weighted by atomic mass is 32.2. The minimum Gasteiger partial charge on any atom is -0.492 e. The molecule has 0 saturated heterocycles. The van der Waals surface area contributed by atoms with E-state index in [9.17, 15) is 21.6 Å². The lowest BCUT2D eigenvalue weighted by Crippen LogP contribution is -2.19. The van der Waals surface area contributed by atoms with E-state index in [-0.39, 0.29) is 27.7 Å². The molecule has 0 radical (unpaired) electrons. The van der Waals surface area contributed by atoms with Crippen LogP contribution in [0.4, 0.5) is 13.2 Å². The Kier molecular flexibility index (Phi) is 5.40. The van der Waals surface area contributed by atoms with Crippen LogP contribution in [0.3, 0.4) is 0 Å². The quantitative estimate of drug-likeness (QED) is 0.559. The fourth-order valence-corrected chi connectivity index (χ4v) is 4.44. The van der Waals surface area contributed by atoms with Crippen LogP contribution in [0.1, 0.15) is 31.9 Å². The van der Waals surface area contributed by atoms with Crippen molar-refractivity contribution in [2.45, 2.75) is 37.3 Å². The lowest BCUT2D eigenvalue weighted by atomic mass is 9.86. The van der Waals surface area contributed by atoms with Crippen LogP contribution in [-0.4, -0.2) is 40.3 Å². The average molecular weight is 454 g/mol. The molecular weight excluding hydrogens is 433 g/mol. The molecule has 31 heavy (non-hydrogen) atoms. The van der Waals surface area contributed by atoms with Crippen molar-refractivity contribution in [3.63, 3.8) is 0 Å². The van der Waals surface area contributed by atoms with Gasteiger partial charge in [-0.15, -0.1) is 0 Å². The van der Waals surface area contributed by atoms with Crippen LogP contribution < -0.4 is 4.74 Å². The zero-order chi connectivity index (χ0) is 22.4. The van der Waals surface area contributed by atoms with Gasteiger partial charge in [-0.3, -0.25) is 0 Å². The first-order valence-electron chi connectivity index (χ1n) is 9.86. The molecule has 0 atom stereocenters. The van der Waals surface area contributed by atoms with E-state index < -0.39 is 21.7 Å². The predicted octanol–water partition coefficient (Wildman–Crippen LogP) is 4.02. The maximum Gasteiger partial charge on any atom is 0.433 e. The summed E-state index contributed by atoms with van der Waals surface area (Å²) in [5.41, 5.74) is -0.634. The first kappa shape index (κ1) is 21.5. The van der Waals surface area contributed by atoms with E-state index in [0.717, 1.165) is 31.5 Å². The Morgan fingerprint density at radius 3 is 2.55 bits per heavy atom. The summed E-state index contributed by atoms with van der Waals surface area (Å²) in [5, 5.41) is 0. The molecule has 0 aromatic carbocycles. The molecule has 0 bridgehead atoms. The topological polar surface area (TPSA) is 87.0 Å². The number of fused-ring (bicyclic) bond motifs is 1. The second-order valence-electron chi connectivity index (χ2n) is 7.58. The van der Waals surface area contributed by atoms with E-state index in [1.807, 2.05) is 0 Å². The molecule has 166 valence electrons. The fourth-order valence-electron chi connectivity index (χ4n) is 3.40. The number of aromatic nitrogens is 4. The lowest BCUT2D eigenvalue weighted by molar-refractivity contribution is -0.141. The van der Waals surface area contributed by atoms with Gasteiger partial charge in [0.25, 0.3) is 0 Å². The number of nitrogens with zero attached hydrogens (tertiary/aromatic N) is 4. The Bertz CT molecular complexity index is 1230. The summed E-state index contributed by atoms with van der Waals surface area (Å²) in [6.07, 6.45) is 1.21. The van der Waals surface area contributed by atoms with E-state index in [2.05, 4.69) is 15.0 Å². The summed E-state index contributed by atoms with van der Waals surface area (Å²) in [4.78, 5) is 11.9. The smallest absolute Gasteiger partial charge is 0.433 e. The van der Waals surface area contributed by atoms with Crippen molar-refractivity contribution in [3.8, 4) is 17.3 Å². The second-order valence-corrected chi connectivity index (χ2v) is 9.83. The number of aryl methyl sites for hydroxylation is 1. The molecule has 4 rings (SSSR count). The van der Waals surface area contributed by atoms with Gasteiger partial charge in [-0.1, -0.05) is 13.3 Å². The standard InChI is InChI=1S/C20H21F3N4O3S/c1-3-31(28,29)16-7-13(30-11-12-5-4-6-12)9-25-18(16)19-26-14-8-17(20(21,22)23)24-10-15(14)27(19)2/h7-10,12H,3-6,11H2,1-2H3. The van der Waals surface area contributed by atoms with E-state index in [1.165, 1.54) is 23.8 Å². The van der Waals surface area contributed by atoms with Crippen LogP contribution >= 0.6 is 0 Å². The number of hydrogen-bond acceptors (Lipinski definition) is 6. The van der Waals surface area contributed by atoms with Gasteiger partial charge in [0.15, 0.2) is 15.7 Å². The van der Waals surface area contributed by atoms with Crippen molar-refractivity contribution in [2.24, 2.45) is 13.0 Å². The van der Waals surface area contributed by atoms with Crippen molar-refractivity contribution in [2.75, 3.05) is 12.4 Å². The number of hydrogen-bond donors (Lipinski definition) is 0. The summed E-state index contributed by atoms with van der Waals surface area (Å²) < 4.78 is 71.8. The number of rotatable bonds is 6. The van der Waals surface area contributed by atoms with Gasteiger partial charge >= 0.3 is 6.18 Å². The highest BCUT2D eigenvalue weighted by Crippen LogP contribution is 2.34. The van der Waals surface area contributed by atoms with E-state index in [0.29, 0.717) is 23.8 Å². The Labute approximate surface area is 177 Å². The van der Waals surface area contributed by atoms with Crippen molar-refractivity contribution >= 4 is 20.9 Å². The Morgan fingerprint density at radius 2 is 1.94 bits per heavy atom. The number of alkyl halides is 3. The Balaban J connectivity index is 1.80. The fraction of sp³-hybridized carbons (Fsp3) is 0.450. The summed E-state index contributed by atoms with van der Waals surface area (Å²) in [6.45, 7) is 2.00. The monoisotopic (exact) mass is 454 g/mol. The van der Waals surface area contributed by atoms with Crippen LogP contribution in [0.5, 0.6) is 5.75 Å². The van der Waals surface area contributed by atoms with Crippen molar-refractivity contribution < 1.29 is 26.3 Å². The van der Waals surface area contributed by atoms with Crippen LogP contribution in [0.15, 0.2) is 29.4 Å². The van der Waals surface area contributed by atoms with E-state index in [4.69, 9.17) is 4.74 Å². The molecule has 1 aliphatic rings. The molecular formula is C20H21F3N4O3S. The van der Waals surface area contributed by atoms with Gasteiger partial charge < -0.3 is 9.30 Å². The lowest BCUT2D eigenvalue weighted by Gasteiger charge is -2.25. The number of sulfone groups is 1. The molecule has 1 saturated carbocycles. The summed E-state index contributed by atoms with van der Waals surface area (Å²) >= 11 is 0. The number of imidazole rings is 1. The molecule has 3 aromatic heterocycles. The van der Waals surface area contributed by atoms with Gasteiger partial charge in [0.2, 0.25) is 0 Å². The molecule has 0 unspecified atom stereocenters. The Hall–Kier alpha value is -2.69. The predicted molar refractivity (Wildman–Crippen MR) is 107 cm³/mol. The van der Waals surface area contributed by atoms with E-state index in [1.54, 1.807) is 7.05 Å². The van der Waals surface area contributed by atoms with Gasteiger partial charge in [0.1, 0.15) is 22.0 Å². The minimum atomic E-state index is -4.61. The van der Waals surface area contributed by atoms with Gasteiger partial charge in [-0.2, -0.15) is 13.2 Å². The largest absolute Gasteiger partial charge is 0.492 e. The van der Waals surface area contributed by atoms with Crippen molar-refractivity contribution in [1.82, 2.24) is 19.5 Å². The number of ether oxygens (including phenoxy) is 1. The third kappa shape index (κ3) is 4.10. The summed E-state index contributed by atoms with van der Waals surface area (Å²) in [6, 6.07) is 2.25. The second kappa shape index (κ2) is 7.77. The molecule has 1 aliphatic carbocycles. The van der Waals surface area contributed by atoms with Gasteiger partial charge in [0, 0.05) is 13.1 Å². The molecule has 0 spiro atoms. The number of halogens is 3. The van der Waals surface area contributed by atoms with Gasteiger partial charge in [-0.25, -0.2) is 23.4 Å². The van der Waals surface area contributed by atoms with Crippen molar-refractivity contribution in [1.29, 1.82) is 0 Å². The SMILES string of the molecule is CCS(=O)(=O)c1cc(OCC2CCC2)cnc1-c1nc2cc(C(F)(F)F)ncc2n1C. The van der Waals surface area contributed by atoms with Gasteiger partial charge in [0.05, 0.1) is 35.8 Å². The first-order chi connectivity index (χ1) is 14.6. The Morgan fingerprint density at radius 1 is 1.19 bits per heavy atom. The highest BCUT2D eigenvalue weighted by molar-refractivity contribution is 7.91. The zero-order valence-electron chi connectivity index (χ0n) is 17.0. The molecule has 0 aliphatic heterocycles. The average Bonchev–Trinajstić information content (AvgIpc) is 3.02. The van der Waals surface area contributed by atoms with Crippen LogP contribution in [0.2, 0.25) is 0 Å². The maximum absolute atomic E-state index is 13.0. The third-order valence-corrected chi connectivity index (χ3v) is 7.26. The van der Waals surface area contributed by atoms with Crippen LogP contribution in [0.25, 0.3) is 22.6 Å². The summed E-state index contributed by atoms with van der Waals surface area (Å²) in [7, 11) is -2.13. The summed E-state index contributed by atoms with van der Waals surface area (Å²) in [5.74, 6) is 0.759. The van der Waals surface area contributed by atoms with Gasteiger partial charge in [-0.05, 0) is 24.8 Å². The molecule has 1 fully saturated rings. The first-order valence-corrected chi connectivity index (χ1v) is 11.5. The molecule has 3 heterocycles. The normalized spacial score (nSPS) is 15.3. The molecule has 3 aromatic rings. The zero-order valence-corrected chi connectivity index (χ0v) is 17.8. The third-order valence-electron chi connectivity index (χ3n) is 5.52. The van der Waals surface area contributed by atoms with E-state index >= 15 is 0 Å². The number of pyridine rings is 2. The molecule has 0 N–H and O–H groups in total.